The van der Waals surface area contributed by atoms with E-state index < -0.39 is 12.0 Å². The zero-order valence-electron chi connectivity index (χ0n) is 22.5. The van der Waals surface area contributed by atoms with Crippen molar-refractivity contribution in [2.45, 2.75) is 83.0 Å². The predicted octanol–water partition coefficient (Wildman–Crippen LogP) is 5.19. The molecule has 0 spiro atoms. The molecule has 0 saturated carbocycles. The molecular formula is C29H37N5O3S. The first-order chi connectivity index (χ1) is 18.0. The Morgan fingerprint density at radius 2 is 1.79 bits per heavy atom. The molecule has 9 heteroatoms. The molecule has 1 aliphatic heterocycles. The summed E-state index contributed by atoms with van der Waals surface area (Å²) in [5.41, 5.74) is 1.50. The number of nitrogens with one attached hydrogen (secondary N) is 3. The summed E-state index contributed by atoms with van der Waals surface area (Å²) < 4.78 is 0. The van der Waals surface area contributed by atoms with E-state index in [1.54, 1.807) is 41.8 Å². The highest BCUT2D eigenvalue weighted by Gasteiger charge is 2.37. The first kappa shape index (κ1) is 27.7. The van der Waals surface area contributed by atoms with Gasteiger partial charge in [0.2, 0.25) is 11.9 Å². The molecule has 4 rings (SSSR count). The minimum Gasteiger partial charge on any atom is -0.479 e. The summed E-state index contributed by atoms with van der Waals surface area (Å²) in [5, 5.41) is 19.4. The van der Waals surface area contributed by atoms with Gasteiger partial charge in [0, 0.05) is 34.6 Å². The maximum Gasteiger partial charge on any atom is 0.330 e. The molecule has 1 fully saturated rings. The van der Waals surface area contributed by atoms with Gasteiger partial charge in [-0.2, -0.15) is 0 Å². The van der Waals surface area contributed by atoms with Crippen LogP contribution in [0.5, 0.6) is 0 Å². The molecule has 1 unspecified atom stereocenters. The van der Waals surface area contributed by atoms with E-state index in [-0.39, 0.29) is 29.4 Å². The van der Waals surface area contributed by atoms with Gasteiger partial charge in [-0.3, -0.25) is 4.79 Å². The highest BCUT2D eigenvalue weighted by atomic mass is 32.1. The molecule has 8 nitrogen and oxygen atoms in total. The number of aliphatic carboxylic acids is 1. The van der Waals surface area contributed by atoms with E-state index in [1.807, 2.05) is 12.1 Å². The summed E-state index contributed by atoms with van der Waals surface area (Å²) >= 11 is 1.65. The van der Waals surface area contributed by atoms with Gasteiger partial charge in [-0.15, -0.1) is 11.3 Å². The fourth-order valence-corrected chi connectivity index (χ4v) is 6.43. The van der Waals surface area contributed by atoms with Gasteiger partial charge in [0.1, 0.15) is 0 Å². The number of carboxylic acid groups (broad SMARTS) is 1. The van der Waals surface area contributed by atoms with E-state index in [1.165, 1.54) is 0 Å². The van der Waals surface area contributed by atoms with Crippen LogP contribution in [0.3, 0.4) is 0 Å². The Hall–Kier alpha value is -3.30. The molecule has 1 saturated heterocycles. The van der Waals surface area contributed by atoms with Gasteiger partial charge in [0.05, 0.1) is 10.6 Å². The van der Waals surface area contributed by atoms with E-state index in [4.69, 9.17) is 4.98 Å². The number of hydrogen-bond acceptors (Lipinski definition) is 7. The standard InChI is InChI=1S/C29H37N5O3S/c1-28(2)17-20(18-29(3,4)34-28)31-27-30-16-15-22(32-27)23-14-13-21(38-23)11-8-12-24(35)33-25(26(36)37)19-9-6-5-7-10-19/h5-7,9-10,13-16,20,25,34H,8,11-12,17-18H2,1-4H3,(H,33,35)(H,36,37)(H,30,31,32). The average Bonchev–Trinajstić information content (AvgIpc) is 3.30. The van der Waals surface area contributed by atoms with E-state index in [9.17, 15) is 14.7 Å². The summed E-state index contributed by atoms with van der Waals surface area (Å²) in [6.45, 7) is 8.91. The lowest BCUT2D eigenvalue weighted by atomic mass is 9.80. The highest BCUT2D eigenvalue weighted by molar-refractivity contribution is 7.15. The monoisotopic (exact) mass is 535 g/mol. The Morgan fingerprint density at radius 3 is 2.47 bits per heavy atom. The zero-order chi connectivity index (χ0) is 27.3. The summed E-state index contributed by atoms with van der Waals surface area (Å²) in [7, 11) is 0. The number of aromatic nitrogens is 2. The largest absolute Gasteiger partial charge is 0.479 e. The SMILES string of the molecule is CC1(C)CC(Nc2nccc(-c3ccc(CCCC(=O)NC(C(=O)O)c4ccccc4)s3)n2)CC(C)(C)N1. The molecule has 0 radical (unpaired) electrons. The van der Waals surface area contributed by atoms with Crippen LogP contribution in [-0.4, -0.2) is 44.1 Å². The number of rotatable bonds is 10. The van der Waals surface area contributed by atoms with Crippen molar-refractivity contribution in [3.05, 3.63) is 65.2 Å². The lowest BCUT2D eigenvalue weighted by Crippen LogP contribution is -2.60. The lowest BCUT2D eigenvalue weighted by molar-refractivity contribution is -0.142. The van der Waals surface area contributed by atoms with Crippen LogP contribution in [0.15, 0.2) is 54.7 Å². The molecule has 1 atom stereocenters. The second kappa shape index (κ2) is 11.6. The van der Waals surface area contributed by atoms with Crippen molar-refractivity contribution in [3.8, 4) is 10.6 Å². The molecule has 1 aliphatic rings. The first-order valence-electron chi connectivity index (χ1n) is 13.0. The molecule has 2 aromatic heterocycles. The maximum absolute atomic E-state index is 12.4. The second-order valence-electron chi connectivity index (χ2n) is 11.3. The quantitative estimate of drug-likeness (QED) is 0.282. The zero-order valence-corrected chi connectivity index (χ0v) is 23.3. The number of amides is 1. The molecule has 4 N–H and O–H groups in total. The molecular weight excluding hydrogens is 498 g/mol. The predicted molar refractivity (Wildman–Crippen MR) is 151 cm³/mol. The summed E-state index contributed by atoms with van der Waals surface area (Å²) in [6, 6.07) is 14.0. The third-order valence-corrected chi connectivity index (χ3v) is 7.77. The molecule has 3 heterocycles. The Kier molecular flexibility index (Phi) is 8.47. The number of anilines is 1. The fourth-order valence-electron chi connectivity index (χ4n) is 5.41. The fraction of sp³-hybridized carbons (Fsp3) is 0.448. The molecule has 38 heavy (non-hydrogen) atoms. The van der Waals surface area contributed by atoms with Crippen molar-refractivity contribution in [2.24, 2.45) is 0 Å². The minimum atomic E-state index is -1.07. The van der Waals surface area contributed by atoms with Gasteiger partial charge in [-0.1, -0.05) is 30.3 Å². The van der Waals surface area contributed by atoms with Crippen molar-refractivity contribution >= 4 is 29.2 Å². The number of aryl methyl sites for hydroxylation is 1. The number of carbonyl (C=O) groups excluding carboxylic acids is 1. The summed E-state index contributed by atoms with van der Waals surface area (Å²) in [6.07, 6.45) is 5.38. The van der Waals surface area contributed by atoms with Crippen LogP contribution in [0.1, 0.15) is 69.9 Å². The van der Waals surface area contributed by atoms with E-state index in [0.29, 0.717) is 17.9 Å². The number of carbonyl (C=O) groups is 2. The van der Waals surface area contributed by atoms with Gasteiger partial charge in [-0.05, 0) is 77.1 Å². The van der Waals surface area contributed by atoms with Crippen LogP contribution >= 0.6 is 11.3 Å². The Balaban J connectivity index is 1.31. The van der Waals surface area contributed by atoms with Crippen molar-refractivity contribution in [3.63, 3.8) is 0 Å². The molecule has 1 amide bonds. The number of thiophene rings is 1. The van der Waals surface area contributed by atoms with E-state index in [2.05, 4.69) is 60.8 Å². The van der Waals surface area contributed by atoms with E-state index >= 15 is 0 Å². The van der Waals surface area contributed by atoms with Crippen molar-refractivity contribution < 1.29 is 14.7 Å². The van der Waals surface area contributed by atoms with Crippen LogP contribution in [0.2, 0.25) is 0 Å². The third kappa shape index (κ3) is 7.61. The second-order valence-corrected chi connectivity index (χ2v) is 12.4. The Bertz CT molecular complexity index is 1240. The maximum atomic E-state index is 12.4. The molecule has 0 aliphatic carbocycles. The summed E-state index contributed by atoms with van der Waals surface area (Å²) in [4.78, 5) is 35.5. The van der Waals surface area contributed by atoms with Gasteiger partial charge in [0.25, 0.3) is 0 Å². The van der Waals surface area contributed by atoms with Crippen molar-refractivity contribution in [1.29, 1.82) is 0 Å². The van der Waals surface area contributed by atoms with Crippen LogP contribution in [-0.2, 0) is 16.0 Å². The van der Waals surface area contributed by atoms with Gasteiger partial charge in [-0.25, -0.2) is 14.8 Å². The van der Waals surface area contributed by atoms with Crippen LogP contribution in [0.4, 0.5) is 5.95 Å². The topological polar surface area (TPSA) is 116 Å². The molecule has 0 bridgehead atoms. The van der Waals surface area contributed by atoms with Gasteiger partial charge < -0.3 is 21.1 Å². The summed E-state index contributed by atoms with van der Waals surface area (Å²) in [5.74, 6) is -0.702. The number of carboxylic acids is 1. The smallest absolute Gasteiger partial charge is 0.330 e. The number of hydrogen-bond donors (Lipinski definition) is 4. The van der Waals surface area contributed by atoms with E-state index in [0.717, 1.165) is 34.7 Å². The van der Waals surface area contributed by atoms with Crippen LogP contribution in [0.25, 0.3) is 10.6 Å². The number of benzene rings is 1. The van der Waals surface area contributed by atoms with Gasteiger partial charge >= 0.3 is 5.97 Å². The number of nitrogens with zero attached hydrogens (tertiary/aromatic N) is 2. The minimum absolute atomic E-state index is 0.0344. The molecule has 202 valence electrons. The third-order valence-electron chi connectivity index (χ3n) is 6.61. The average molecular weight is 536 g/mol. The highest BCUT2D eigenvalue weighted by Crippen LogP contribution is 2.31. The van der Waals surface area contributed by atoms with Crippen LogP contribution < -0.4 is 16.0 Å². The van der Waals surface area contributed by atoms with Crippen molar-refractivity contribution in [1.82, 2.24) is 20.6 Å². The van der Waals surface area contributed by atoms with Crippen LogP contribution in [0, 0.1) is 0 Å². The molecule has 3 aromatic rings. The number of piperidine rings is 1. The Morgan fingerprint density at radius 1 is 1.08 bits per heavy atom. The van der Waals surface area contributed by atoms with Crippen molar-refractivity contribution in [2.75, 3.05) is 5.32 Å². The molecule has 1 aromatic carbocycles. The first-order valence-corrected chi connectivity index (χ1v) is 13.9. The lowest BCUT2D eigenvalue weighted by Gasteiger charge is -2.46. The normalized spacial score (nSPS) is 17.5. The Labute approximate surface area is 228 Å². The van der Waals surface area contributed by atoms with Gasteiger partial charge in [0.15, 0.2) is 6.04 Å².